The fourth-order valence-corrected chi connectivity index (χ4v) is 1.52. The number of carbonyl (C=O) groups is 1. The highest BCUT2D eigenvalue weighted by molar-refractivity contribution is 5.91. The summed E-state index contributed by atoms with van der Waals surface area (Å²) in [6.07, 6.45) is 3.24. The molecule has 0 saturated carbocycles. The third kappa shape index (κ3) is 1.89. The van der Waals surface area contributed by atoms with Crippen LogP contribution in [0.2, 0.25) is 0 Å². The van der Waals surface area contributed by atoms with Crippen molar-refractivity contribution in [3.63, 3.8) is 0 Å². The van der Waals surface area contributed by atoms with E-state index in [9.17, 15) is 4.79 Å². The Bertz CT molecular complexity index is 545. The molecule has 0 bridgehead atoms. The Labute approximate surface area is 96.1 Å². The number of aromatic carboxylic acids is 1. The average Bonchev–Trinajstić information content (AvgIpc) is 2.84. The Hall–Kier alpha value is -2.22. The number of aliphatic hydroxyl groups is 1. The number of rotatable bonds is 4. The number of carboxylic acids is 1. The number of carboxylic acid groups (broad SMARTS) is 1. The van der Waals surface area contributed by atoms with Crippen LogP contribution < -0.4 is 0 Å². The molecule has 0 aliphatic rings. The molecule has 0 radical (unpaired) electrons. The number of imidazole rings is 1. The van der Waals surface area contributed by atoms with Gasteiger partial charge in [0.2, 0.25) is 5.69 Å². The van der Waals surface area contributed by atoms with Gasteiger partial charge in [0.05, 0.1) is 13.2 Å². The van der Waals surface area contributed by atoms with Crippen molar-refractivity contribution >= 4 is 5.97 Å². The van der Waals surface area contributed by atoms with Gasteiger partial charge in [0.15, 0.2) is 5.82 Å². The first-order valence-corrected chi connectivity index (χ1v) is 4.90. The van der Waals surface area contributed by atoms with E-state index in [0.29, 0.717) is 11.5 Å². The fourth-order valence-electron chi connectivity index (χ4n) is 1.52. The number of aliphatic hydroxyl groups excluding tert-OH is 1. The maximum absolute atomic E-state index is 11.0. The number of nitrogens with zero attached hydrogens (tertiary/aromatic N) is 5. The molecule has 0 aliphatic heterocycles. The summed E-state index contributed by atoms with van der Waals surface area (Å²) in [6, 6.07) is 0. The Balaban J connectivity index is 2.60. The smallest absolute Gasteiger partial charge is 0.358 e. The van der Waals surface area contributed by atoms with Crippen LogP contribution in [0.25, 0.3) is 11.5 Å². The summed E-state index contributed by atoms with van der Waals surface area (Å²) in [5, 5.41) is 25.2. The van der Waals surface area contributed by atoms with Crippen LogP contribution in [0, 0.1) is 0 Å². The van der Waals surface area contributed by atoms with E-state index in [1.165, 1.54) is 4.68 Å². The second-order valence-electron chi connectivity index (χ2n) is 3.40. The quantitative estimate of drug-likeness (QED) is 0.733. The first kappa shape index (κ1) is 11.3. The summed E-state index contributed by atoms with van der Waals surface area (Å²) >= 11 is 0. The molecule has 0 fully saturated rings. The van der Waals surface area contributed by atoms with E-state index < -0.39 is 5.97 Å². The van der Waals surface area contributed by atoms with Crippen molar-refractivity contribution in [3.05, 3.63) is 18.1 Å². The minimum Gasteiger partial charge on any atom is -0.476 e. The van der Waals surface area contributed by atoms with Crippen molar-refractivity contribution in [2.24, 2.45) is 7.05 Å². The molecule has 8 nitrogen and oxygen atoms in total. The van der Waals surface area contributed by atoms with E-state index in [0.717, 1.165) is 0 Å². The molecule has 90 valence electrons. The maximum atomic E-state index is 11.0. The summed E-state index contributed by atoms with van der Waals surface area (Å²) in [7, 11) is 1.74. The normalized spacial score (nSPS) is 10.7. The average molecular weight is 237 g/mol. The molecule has 0 unspecified atom stereocenters. The third-order valence-corrected chi connectivity index (χ3v) is 2.28. The van der Waals surface area contributed by atoms with Gasteiger partial charge in [-0.15, -0.1) is 5.10 Å². The fraction of sp³-hybridized carbons (Fsp3) is 0.333. The third-order valence-electron chi connectivity index (χ3n) is 2.28. The lowest BCUT2D eigenvalue weighted by molar-refractivity contribution is 0.0691. The van der Waals surface area contributed by atoms with Gasteiger partial charge in [0, 0.05) is 19.4 Å². The molecule has 8 heteroatoms. The van der Waals surface area contributed by atoms with Gasteiger partial charge in [-0.25, -0.2) is 14.5 Å². The van der Waals surface area contributed by atoms with Crippen LogP contribution in [-0.2, 0) is 13.6 Å². The molecule has 2 rings (SSSR count). The van der Waals surface area contributed by atoms with Crippen LogP contribution in [0.15, 0.2) is 12.4 Å². The van der Waals surface area contributed by atoms with Gasteiger partial charge in [-0.1, -0.05) is 5.21 Å². The molecule has 17 heavy (non-hydrogen) atoms. The molecule has 0 spiro atoms. The summed E-state index contributed by atoms with van der Waals surface area (Å²) in [6.45, 7) is 0.0162. The van der Waals surface area contributed by atoms with Gasteiger partial charge in [-0.05, 0) is 0 Å². The Morgan fingerprint density at radius 2 is 2.29 bits per heavy atom. The molecule has 0 aromatic carbocycles. The van der Waals surface area contributed by atoms with Gasteiger partial charge in [0.25, 0.3) is 0 Å². The maximum Gasteiger partial charge on any atom is 0.358 e. The highest BCUT2D eigenvalue weighted by atomic mass is 16.4. The van der Waals surface area contributed by atoms with Gasteiger partial charge in [0.1, 0.15) is 5.69 Å². The van der Waals surface area contributed by atoms with Gasteiger partial charge in [-0.2, -0.15) is 0 Å². The molecule has 2 aromatic heterocycles. The zero-order valence-electron chi connectivity index (χ0n) is 9.11. The molecule has 0 atom stereocenters. The van der Waals surface area contributed by atoms with E-state index in [1.807, 2.05) is 0 Å². The molecule has 2 N–H and O–H groups in total. The molecule has 2 aromatic rings. The van der Waals surface area contributed by atoms with Crippen LogP contribution in [-0.4, -0.2) is 47.3 Å². The summed E-state index contributed by atoms with van der Waals surface area (Å²) in [5.74, 6) is -0.729. The summed E-state index contributed by atoms with van der Waals surface area (Å²) in [4.78, 5) is 15.1. The molecule has 0 aliphatic carbocycles. The minimum atomic E-state index is -1.17. The van der Waals surface area contributed by atoms with Crippen LogP contribution in [0.1, 0.15) is 10.5 Å². The SMILES string of the molecule is Cn1ccnc1-c1c(C(=O)O)nnn1CCO. The van der Waals surface area contributed by atoms with E-state index in [4.69, 9.17) is 10.2 Å². The summed E-state index contributed by atoms with van der Waals surface area (Å²) < 4.78 is 2.99. The van der Waals surface area contributed by atoms with E-state index in [1.54, 1.807) is 24.0 Å². The van der Waals surface area contributed by atoms with Gasteiger partial charge < -0.3 is 14.8 Å². The number of aryl methyl sites for hydroxylation is 1. The van der Waals surface area contributed by atoms with Crippen LogP contribution >= 0.6 is 0 Å². The topological polar surface area (TPSA) is 106 Å². The molecule has 2 heterocycles. The first-order valence-electron chi connectivity index (χ1n) is 4.90. The lowest BCUT2D eigenvalue weighted by Crippen LogP contribution is -2.10. The molecule has 0 saturated heterocycles. The molecule has 0 amide bonds. The predicted octanol–water partition coefficient (Wildman–Crippen LogP) is -0.631. The van der Waals surface area contributed by atoms with Crippen molar-refractivity contribution in [2.75, 3.05) is 6.61 Å². The van der Waals surface area contributed by atoms with Crippen LogP contribution in [0.4, 0.5) is 0 Å². The van der Waals surface area contributed by atoms with E-state index >= 15 is 0 Å². The van der Waals surface area contributed by atoms with Crippen LogP contribution in [0.3, 0.4) is 0 Å². The number of aromatic nitrogens is 5. The second kappa shape index (κ2) is 4.34. The Morgan fingerprint density at radius 1 is 1.53 bits per heavy atom. The highest BCUT2D eigenvalue weighted by Crippen LogP contribution is 2.19. The molecular weight excluding hydrogens is 226 g/mol. The number of hydrogen-bond acceptors (Lipinski definition) is 5. The number of hydrogen-bond donors (Lipinski definition) is 2. The predicted molar refractivity (Wildman–Crippen MR) is 56.3 cm³/mol. The van der Waals surface area contributed by atoms with Crippen molar-refractivity contribution < 1.29 is 15.0 Å². The van der Waals surface area contributed by atoms with Crippen molar-refractivity contribution in [3.8, 4) is 11.5 Å². The van der Waals surface area contributed by atoms with Gasteiger partial charge in [-0.3, -0.25) is 0 Å². The highest BCUT2D eigenvalue weighted by Gasteiger charge is 2.22. The lowest BCUT2D eigenvalue weighted by atomic mass is 10.3. The monoisotopic (exact) mass is 237 g/mol. The Morgan fingerprint density at radius 3 is 2.82 bits per heavy atom. The van der Waals surface area contributed by atoms with Crippen molar-refractivity contribution in [1.82, 2.24) is 24.5 Å². The minimum absolute atomic E-state index is 0.153. The zero-order valence-corrected chi connectivity index (χ0v) is 9.11. The summed E-state index contributed by atoms with van der Waals surface area (Å²) in [5.41, 5.74) is 0.117. The van der Waals surface area contributed by atoms with Crippen LogP contribution in [0.5, 0.6) is 0 Å². The molecular formula is C9H11N5O3. The second-order valence-corrected chi connectivity index (χ2v) is 3.40. The standard InChI is InChI=1S/C9H11N5O3/c1-13-3-2-10-8(13)7-6(9(16)17)11-12-14(7)4-5-15/h2-3,15H,4-5H2,1H3,(H,16,17). The largest absolute Gasteiger partial charge is 0.476 e. The van der Waals surface area contributed by atoms with E-state index in [2.05, 4.69) is 15.3 Å². The zero-order chi connectivity index (χ0) is 12.4. The Kier molecular flexibility index (Phi) is 2.88. The van der Waals surface area contributed by atoms with E-state index in [-0.39, 0.29) is 18.8 Å². The van der Waals surface area contributed by atoms with Crippen molar-refractivity contribution in [1.29, 1.82) is 0 Å². The first-order chi connectivity index (χ1) is 8.15. The lowest BCUT2D eigenvalue weighted by Gasteiger charge is -2.05. The van der Waals surface area contributed by atoms with Gasteiger partial charge >= 0.3 is 5.97 Å². The van der Waals surface area contributed by atoms with Crippen molar-refractivity contribution in [2.45, 2.75) is 6.54 Å².